The maximum absolute atomic E-state index is 5.61. The average Bonchev–Trinajstić information content (AvgIpc) is 3.48. The Morgan fingerprint density at radius 2 is 2.34 bits per heavy atom. The molecule has 7 nitrogen and oxygen atoms in total. The summed E-state index contributed by atoms with van der Waals surface area (Å²) in [6.45, 7) is 7.66. The average molecular weight is 526 g/mol. The number of likely N-dealkylation sites (tertiary alicyclic amines) is 1. The van der Waals surface area contributed by atoms with Crippen LogP contribution in [0.2, 0.25) is 0 Å². The summed E-state index contributed by atoms with van der Waals surface area (Å²) < 4.78 is 7.83. The Kier molecular flexibility index (Phi) is 7.70. The number of aliphatic imine (C=N–C) groups is 1. The number of guanidine groups is 1. The van der Waals surface area contributed by atoms with Crippen molar-refractivity contribution in [2.75, 3.05) is 19.6 Å². The zero-order valence-corrected chi connectivity index (χ0v) is 19.8. The van der Waals surface area contributed by atoms with Crippen molar-refractivity contribution < 1.29 is 4.42 Å². The van der Waals surface area contributed by atoms with Gasteiger partial charge in [0.25, 0.3) is 0 Å². The van der Waals surface area contributed by atoms with Crippen LogP contribution >= 0.6 is 35.3 Å². The van der Waals surface area contributed by atoms with Gasteiger partial charge in [0.15, 0.2) is 5.96 Å². The molecule has 9 heteroatoms. The molecule has 0 amide bonds. The number of hydrogen-bond donors (Lipinski definition) is 1. The highest BCUT2D eigenvalue weighted by atomic mass is 127. The van der Waals surface area contributed by atoms with Crippen molar-refractivity contribution in [2.45, 2.75) is 32.9 Å². The second-order valence-electron chi connectivity index (χ2n) is 7.08. The molecule has 2 unspecified atom stereocenters. The maximum atomic E-state index is 5.61. The van der Waals surface area contributed by atoms with Crippen LogP contribution < -0.4 is 5.32 Å². The number of nitrogens with zero attached hydrogens (tertiary/aromatic N) is 5. The van der Waals surface area contributed by atoms with Crippen LogP contribution in [0.25, 0.3) is 10.8 Å². The lowest BCUT2D eigenvalue weighted by atomic mass is 9.93. The van der Waals surface area contributed by atoms with Gasteiger partial charge in [-0.05, 0) is 30.7 Å². The third-order valence-corrected chi connectivity index (χ3v) is 5.99. The summed E-state index contributed by atoms with van der Waals surface area (Å²) in [6.07, 6.45) is 8.64. The number of nitrogens with one attached hydrogen (secondary N) is 1. The topological polar surface area (TPSA) is 71.5 Å². The van der Waals surface area contributed by atoms with Crippen molar-refractivity contribution in [3.63, 3.8) is 0 Å². The highest BCUT2D eigenvalue weighted by Crippen LogP contribution is 2.27. The Morgan fingerprint density at radius 1 is 1.45 bits per heavy atom. The number of halogens is 1. The van der Waals surface area contributed by atoms with Crippen molar-refractivity contribution >= 4 is 41.3 Å². The number of imidazole rings is 1. The van der Waals surface area contributed by atoms with E-state index in [1.807, 2.05) is 30.0 Å². The van der Waals surface area contributed by atoms with Crippen molar-refractivity contribution in [3.05, 3.63) is 48.2 Å². The molecule has 1 aliphatic heterocycles. The van der Waals surface area contributed by atoms with Gasteiger partial charge in [0, 0.05) is 32.0 Å². The lowest BCUT2D eigenvalue weighted by molar-refractivity contribution is 0.189. The molecular formula is C20H27IN6OS. The van der Waals surface area contributed by atoms with Crippen LogP contribution in [0.4, 0.5) is 0 Å². The Hall–Kier alpha value is -1.88. The fourth-order valence-electron chi connectivity index (χ4n) is 3.57. The molecule has 3 aromatic heterocycles. The van der Waals surface area contributed by atoms with E-state index in [2.05, 4.69) is 44.8 Å². The van der Waals surface area contributed by atoms with Crippen LogP contribution in [0.1, 0.15) is 32.0 Å². The molecule has 29 heavy (non-hydrogen) atoms. The zero-order valence-electron chi connectivity index (χ0n) is 16.7. The summed E-state index contributed by atoms with van der Waals surface area (Å²) in [5.74, 6) is 2.20. The Bertz CT molecular complexity index is 892. The predicted molar refractivity (Wildman–Crippen MR) is 127 cm³/mol. The Morgan fingerprint density at radius 3 is 3.07 bits per heavy atom. The lowest BCUT2D eigenvalue weighted by Gasteiger charge is -2.39. The van der Waals surface area contributed by atoms with Gasteiger partial charge in [0.2, 0.25) is 5.89 Å². The molecule has 0 spiro atoms. The van der Waals surface area contributed by atoms with Gasteiger partial charge < -0.3 is 19.2 Å². The quantitative estimate of drug-likeness (QED) is 0.306. The van der Waals surface area contributed by atoms with E-state index in [1.165, 1.54) is 0 Å². The van der Waals surface area contributed by atoms with Crippen LogP contribution in [0.15, 0.2) is 51.9 Å². The van der Waals surface area contributed by atoms with Gasteiger partial charge in [-0.1, -0.05) is 13.0 Å². The molecule has 2 atom stereocenters. The lowest BCUT2D eigenvalue weighted by Crippen LogP contribution is -2.49. The van der Waals surface area contributed by atoms with E-state index in [1.54, 1.807) is 17.6 Å². The third-order valence-electron chi connectivity index (χ3n) is 5.14. The molecule has 1 fully saturated rings. The van der Waals surface area contributed by atoms with E-state index in [-0.39, 0.29) is 24.0 Å². The van der Waals surface area contributed by atoms with E-state index < -0.39 is 0 Å². The normalized spacial score (nSPS) is 19.8. The summed E-state index contributed by atoms with van der Waals surface area (Å²) in [6, 6.07) is 4.41. The van der Waals surface area contributed by atoms with Gasteiger partial charge in [0.05, 0.1) is 23.8 Å². The van der Waals surface area contributed by atoms with Gasteiger partial charge in [-0.15, -0.1) is 35.3 Å². The smallest absolute Gasteiger partial charge is 0.236 e. The molecule has 4 heterocycles. The summed E-state index contributed by atoms with van der Waals surface area (Å²) in [7, 11) is 0. The minimum atomic E-state index is 0. The molecule has 0 aliphatic carbocycles. The van der Waals surface area contributed by atoms with Gasteiger partial charge in [0.1, 0.15) is 12.0 Å². The van der Waals surface area contributed by atoms with Crippen molar-refractivity contribution in [2.24, 2.45) is 10.9 Å². The molecule has 1 saturated heterocycles. The summed E-state index contributed by atoms with van der Waals surface area (Å²) in [5, 5.41) is 5.45. The number of rotatable bonds is 5. The molecule has 156 valence electrons. The molecule has 0 aromatic carbocycles. The van der Waals surface area contributed by atoms with E-state index in [0.29, 0.717) is 24.4 Å². The highest BCUT2D eigenvalue weighted by molar-refractivity contribution is 14.0. The molecular weight excluding hydrogens is 499 g/mol. The number of thiophene rings is 1. The van der Waals surface area contributed by atoms with E-state index in [0.717, 1.165) is 42.6 Å². The first kappa shape index (κ1) is 21.8. The van der Waals surface area contributed by atoms with Crippen molar-refractivity contribution in [3.8, 4) is 10.8 Å². The monoisotopic (exact) mass is 526 g/mol. The van der Waals surface area contributed by atoms with Crippen LogP contribution in [0.5, 0.6) is 0 Å². The van der Waals surface area contributed by atoms with Gasteiger partial charge >= 0.3 is 0 Å². The molecule has 1 N–H and O–H groups in total. The van der Waals surface area contributed by atoms with Crippen molar-refractivity contribution in [1.82, 2.24) is 24.8 Å². The number of hydrogen-bond acceptors (Lipinski definition) is 5. The fourth-order valence-corrected chi connectivity index (χ4v) is 4.23. The largest absolute Gasteiger partial charge is 0.443 e. The molecule has 0 radical (unpaired) electrons. The van der Waals surface area contributed by atoms with Crippen LogP contribution in [-0.2, 0) is 6.54 Å². The molecule has 3 aromatic rings. The second kappa shape index (κ2) is 10.2. The highest BCUT2D eigenvalue weighted by Gasteiger charge is 2.28. The molecule has 1 aliphatic rings. The molecule has 0 bridgehead atoms. The number of oxazole rings is 1. The van der Waals surface area contributed by atoms with Crippen molar-refractivity contribution in [1.29, 1.82) is 0 Å². The number of aromatic nitrogens is 3. The summed E-state index contributed by atoms with van der Waals surface area (Å²) in [4.78, 5) is 17.0. The van der Waals surface area contributed by atoms with E-state index in [9.17, 15) is 0 Å². The third kappa shape index (κ3) is 5.19. The maximum Gasteiger partial charge on any atom is 0.236 e. The van der Waals surface area contributed by atoms with Crippen LogP contribution in [-0.4, -0.2) is 45.0 Å². The first-order chi connectivity index (χ1) is 13.7. The first-order valence-electron chi connectivity index (χ1n) is 9.73. The summed E-state index contributed by atoms with van der Waals surface area (Å²) >= 11 is 1.62. The molecule has 0 saturated carbocycles. The SMILES string of the molecule is CCNC(=NCc1coc(-c2cccs2)n1)N1CCC(C)C(n2ccnc2)C1.I. The fraction of sp³-hybridized carbons (Fsp3) is 0.450. The summed E-state index contributed by atoms with van der Waals surface area (Å²) in [5.41, 5.74) is 0.843. The minimum absolute atomic E-state index is 0. The Labute approximate surface area is 192 Å². The standard InChI is InChI=1S/C20H26N6OS.HI/c1-3-22-20(23-11-16-13-27-19(24-16)18-5-4-10-28-18)25-8-6-15(2)17(12-25)26-9-7-21-14-26;/h4-5,7,9-10,13-15,17H,3,6,8,11-12H2,1-2H3,(H,22,23);1H. The van der Waals surface area contributed by atoms with E-state index >= 15 is 0 Å². The van der Waals surface area contributed by atoms with Gasteiger partial charge in [-0.25, -0.2) is 15.0 Å². The number of piperidine rings is 1. The molecule has 4 rings (SSSR count). The van der Waals surface area contributed by atoms with Gasteiger partial charge in [-0.2, -0.15) is 0 Å². The second-order valence-corrected chi connectivity index (χ2v) is 8.03. The predicted octanol–water partition coefficient (Wildman–Crippen LogP) is 4.27. The van der Waals surface area contributed by atoms with E-state index in [4.69, 9.17) is 9.41 Å². The van der Waals surface area contributed by atoms with Crippen LogP contribution in [0, 0.1) is 5.92 Å². The van der Waals surface area contributed by atoms with Crippen LogP contribution in [0.3, 0.4) is 0 Å². The Balaban J connectivity index is 0.00000240. The minimum Gasteiger partial charge on any atom is -0.443 e. The van der Waals surface area contributed by atoms with Gasteiger partial charge in [-0.3, -0.25) is 0 Å². The first-order valence-corrected chi connectivity index (χ1v) is 10.6. The zero-order chi connectivity index (χ0) is 19.3.